The van der Waals surface area contributed by atoms with E-state index in [1.54, 1.807) is 6.07 Å². The quantitative estimate of drug-likeness (QED) is 0.852. The fraction of sp³-hybridized carbons (Fsp3) is 0.154. The third-order valence-corrected chi connectivity index (χ3v) is 5.86. The van der Waals surface area contributed by atoms with Crippen LogP contribution in [0.25, 0.3) is 0 Å². The Kier molecular flexibility index (Phi) is 3.69. The molecule has 0 spiro atoms. The number of hydrogen-bond acceptors (Lipinski definition) is 5. The number of aliphatic hydroxyl groups excluding tert-OH is 1. The summed E-state index contributed by atoms with van der Waals surface area (Å²) in [6, 6.07) is 4.54. The van der Waals surface area contributed by atoms with Gasteiger partial charge in [-0.15, -0.1) is 0 Å². The van der Waals surface area contributed by atoms with E-state index in [2.05, 4.69) is 20.9 Å². The summed E-state index contributed by atoms with van der Waals surface area (Å²) in [5.74, 6) is 0.482. The molecule has 5 nitrogen and oxygen atoms in total. The van der Waals surface area contributed by atoms with Gasteiger partial charge in [-0.1, -0.05) is 11.6 Å². The van der Waals surface area contributed by atoms with Crippen molar-refractivity contribution in [3.63, 3.8) is 0 Å². The number of benzene rings is 1. The summed E-state index contributed by atoms with van der Waals surface area (Å²) >= 11 is 9.13. The van der Waals surface area contributed by atoms with Crippen molar-refractivity contribution in [2.45, 2.75) is 11.0 Å². The topological polar surface area (TPSA) is 76.5 Å². The molecule has 0 aliphatic carbocycles. The number of nitrogens with zero attached hydrogens (tertiary/aromatic N) is 1. The van der Waals surface area contributed by atoms with Gasteiger partial charge >= 0.3 is 0 Å². The molecular weight excluding hydrogens is 382 g/mol. The van der Waals surface area contributed by atoms with Crippen LogP contribution < -0.4 is 4.74 Å². The second kappa shape index (κ2) is 5.24. The van der Waals surface area contributed by atoms with E-state index in [4.69, 9.17) is 16.3 Å². The Morgan fingerprint density at radius 1 is 1.38 bits per heavy atom. The molecule has 1 aliphatic rings. The molecule has 1 atom stereocenters. The van der Waals surface area contributed by atoms with Gasteiger partial charge < -0.3 is 9.84 Å². The third kappa shape index (κ3) is 2.66. The van der Waals surface area contributed by atoms with Crippen LogP contribution in [0.1, 0.15) is 11.7 Å². The fourth-order valence-electron chi connectivity index (χ4n) is 2.17. The third-order valence-electron chi connectivity index (χ3n) is 3.06. The van der Waals surface area contributed by atoms with Crippen molar-refractivity contribution in [1.82, 2.24) is 4.98 Å². The van der Waals surface area contributed by atoms with Gasteiger partial charge in [0.25, 0.3) is 0 Å². The Labute approximate surface area is 134 Å². The van der Waals surface area contributed by atoms with Crippen LogP contribution >= 0.6 is 27.5 Å². The molecule has 1 aromatic heterocycles. The predicted molar refractivity (Wildman–Crippen MR) is 80.5 cm³/mol. The first-order chi connectivity index (χ1) is 9.88. The SMILES string of the molecule is O=S1(=O)C[C@H](O)c2c1ccc(Oc1cncc(Cl)c1)c2Br. The number of aliphatic hydroxyl groups is 1. The molecule has 1 aliphatic heterocycles. The second-order valence-corrected chi connectivity index (χ2v) is 7.76. The molecule has 8 heteroatoms. The van der Waals surface area contributed by atoms with E-state index in [1.807, 2.05) is 0 Å². The van der Waals surface area contributed by atoms with Crippen molar-refractivity contribution in [2.75, 3.05) is 5.75 Å². The first kappa shape index (κ1) is 14.8. The maximum Gasteiger partial charge on any atom is 0.181 e. The second-order valence-electron chi connectivity index (χ2n) is 4.53. The summed E-state index contributed by atoms with van der Waals surface area (Å²) < 4.78 is 29.8. The van der Waals surface area contributed by atoms with Crippen LogP contribution in [-0.2, 0) is 9.84 Å². The van der Waals surface area contributed by atoms with Gasteiger partial charge in [0.05, 0.1) is 32.4 Å². The summed E-state index contributed by atoms with van der Waals surface area (Å²) in [4.78, 5) is 4.03. The Hall–Kier alpha value is -1.15. The number of rotatable bonds is 2. The number of ether oxygens (including phenoxy) is 1. The highest BCUT2D eigenvalue weighted by Gasteiger charge is 2.36. The number of aromatic nitrogens is 1. The summed E-state index contributed by atoms with van der Waals surface area (Å²) in [5, 5.41) is 10.4. The maximum atomic E-state index is 11.9. The fourth-order valence-corrected chi connectivity index (χ4v) is 4.77. The first-order valence-electron chi connectivity index (χ1n) is 5.90. The molecule has 0 saturated carbocycles. The van der Waals surface area contributed by atoms with E-state index in [0.717, 1.165) is 0 Å². The molecule has 0 amide bonds. The Morgan fingerprint density at radius 2 is 2.14 bits per heavy atom. The molecule has 2 aromatic rings. The average molecular weight is 391 g/mol. The van der Waals surface area contributed by atoms with Crippen molar-refractivity contribution in [1.29, 1.82) is 0 Å². The monoisotopic (exact) mass is 389 g/mol. The normalized spacial score (nSPS) is 19.3. The van der Waals surface area contributed by atoms with Gasteiger partial charge in [-0.3, -0.25) is 4.98 Å². The van der Waals surface area contributed by atoms with Crippen LogP contribution in [-0.4, -0.2) is 24.3 Å². The summed E-state index contributed by atoms with van der Waals surface area (Å²) in [6.45, 7) is 0. The lowest BCUT2D eigenvalue weighted by Gasteiger charge is -2.12. The number of halogens is 2. The lowest BCUT2D eigenvalue weighted by molar-refractivity contribution is 0.203. The maximum absolute atomic E-state index is 11.9. The zero-order valence-electron chi connectivity index (χ0n) is 10.5. The predicted octanol–water partition coefficient (Wildman–Crippen LogP) is 3.11. The van der Waals surface area contributed by atoms with Crippen LogP contribution in [0, 0.1) is 0 Å². The van der Waals surface area contributed by atoms with Crippen LogP contribution in [0.4, 0.5) is 0 Å². The largest absolute Gasteiger partial charge is 0.454 e. The molecular formula is C13H9BrClNO4S. The highest BCUT2D eigenvalue weighted by Crippen LogP contribution is 2.43. The molecule has 110 valence electrons. The standard InChI is InChI=1S/C13H9BrClNO4S/c14-13-10(20-8-3-7(15)4-16-5-8)1-2-11-12(13)9(17)6-21(11,18)19/h1-5,9,17H,6H2/t9-/m0/s1. The van der Waals surface area contributed by atoms with E-state index < -0.39 is 15.9 Å². The van der Waals surface area contributed by atoms with Gasteiger partial charge in [0.15, 0.2) is 9.84 Å². The molecule has 0 bridgehead atoms. The Balaban J connectivity index is 2.05. The van der Waals surface area contributed by atoms with Crippen LogP contribution in [0.5, 0.6) is 11.5 Å². The Bertz CT molecular complexity index is 825. The number of hydrogen-bond donors (Lipinski definition) is 1. The van der Waals surface area contributed by atoms with Crippen molar-refractivity contribution < 1.29 is 18.3 Å². The molecule has 1 N–H and O–H groups in total. The average Bonchev–Trinajstić information content (AvgIpc) is 2.63. The van der Waals surface area contributed by atoms with Crippen molar-refractivity contribution in [2.24, 2.45) is 0 Å². The number of fused-ring (bicyclic) bond motifs is 1. The lowest BCUT2D eigenvalue weighted by atomic mass is 10.1. The van der Waals surface area contributed by atoms with Gasteiger partial charge in [0.2, 0.25) is 0 Å². The zero-order valence-corrected chi connectivity index (χ0v) is 13.6. The molecule has 0 saturated heterocycles. The molecule has 0 radical (unpaired) electrons. The molecule has 1 aromatic carbocycles. The summed E-state index contributed by atoms with van der Waals surface area (Å²) in [5.41, 5.74) is 0.322. The summed E-state index contributed by atoms with van der Waals surface area (Å²) in [7, 11) is -3.44. The van der Waals surface area contributed by atoms with Crippen molar-refractivity contribution in [3.8, 4) is 11.5 Å². The van der Waals surface area contributed by atoms with E-state index in [1.165, 1.54) is 24.5 Å². The highest BCUT2D eigenvalue weighted by atomic mass is 79.9. The lowest BCUT2D eigenvalue weighted by Crippen LogP contribution is -2.02. The molecule has 2 heterocycles. The van der Waals surface area contributed by atoms with E-state index in [9.17, 15) is 13.5 Å². The van der Waals surface area contributed by atoms with Gasteiger partial charge in [0.1, 0.15) is 11.5 Å². The van der Waals surface area contributed by atoms with Crippen LogP contribution in [0.2, 0.25) is 5.02 Å². The van der Waals surface area contributed by atoms with Gasteiger partial charge in [0, 0.05) is 17.8 Å². The van der Waals surface area contributed by atoms with E-state index in [-0.39, 0.29) is 10.6 Å². The smallest absolute Gasteiger partial charge is 0.181 e. The number of pyridine rings is 1. The number of sulfone groups is 1. The van der Waals surface area contributed by atoms with Gasteiger partial charge in [-0.2, -0.15) is 0 Å². The molecule has 3 rings (SSSR count). The first-order valence-corrected chi connectivity index (χ1v) is 8.72. The van der Waals surface area contributed by atoms with Gasteiger partial charge in [-0.25, -0.2) is 8.42 Å². The van der Waals surface area contributed by atoms with Crippen LogP contribution in [0.15, 0.2) is 40.0 Å². The van der Waals surface area contributed by atoms with Gasteiger partial charge in [-0.05, 0) is 28.1 Å². The summed E-state index contributed by atoms with van der Waals surface area (Å²) in [6.07, 6.45) is 1.89. The van der Waals surface area contributed by atoms with Crippen molar-refractivity contribution in [3.05, 3.63) is 45.7 Å². The molecule has 0 unspecified atom stereocenters. The Morgan fingerprint density at radius 3 is 2.86 bits per heavy atom. The molecule has 21 heavy (non-hydrogen) atoms. The van der Waals surface area contributed by atoms with E-state index in [0.29, 0.717) is 26.6 Å². The highest BCUT2D eigenvalue weighted by molar-refractivity contribution is 9.10. The van der Waals surface area contributed by atoms with Crippen LogP contribution in [0.3, 0.4) is 0 Å². The zero-order chi connectivity index (χ0) is 15.2. The molecule has 0 fully saturated rings. The minimum absolute atomic E-state index is 0.124. The minimum atomic E-state index is -3.44. The van der Waals surface area contributed by atoms with E-state index >= 15 is 0 Å². The van der Waals surface area contributed by atoms with Crippen molar-refractivity contribution >= 4 is 37.4 Å². The minimum Gasteiger partial charge on any atom is -0.454 e.